The number of carbonyl (C=O) groups excluding carboxylic acids is 1. The fourth-order valence-electron chi connectivity index (χ4n) is 1.22. The molecule has 0 unspecified atom stereocenters. The van der Waals surface area contributed by atoms with Crippen LogP contribution < -0.4 is 5.32 Å². The molecule has 0 aliphatic rings. The second-order valence-corrected chi connectivity index (χ2v) is 4.70. The zero-order valence-corrected chi connectivity index (χ0v) is 10.3. The number of phenolic OH excluding ortho intramolecular Hbond substituents is 1. The minimum atomic E-state index is -0.725. The van der Waals surface area contributed by atoms with Crippen LogP contribution >= 0.6 is 0 Å². The Morgan fingerprint density at radius 2 is 2.00 bits per heavy atom. The molecule has 0 saturated carbocycles. The summed E-state index contributed by atoms with van der Waals surface area (Å²) in [6, 6.07) is 2.45. The average molecular weight is 241 g/mol. The summed E-state index contributed by atoms with van der Waals surface area (Å²) in [6.45, 7) is 6.72. The molecular weight excluding hydrogens is 225 g/mol. The molecule has 0 aromatic heterocycles. The third-order valence-corrected chi connectivity index (χ3v) is 2.02. The molecule has 0 aliphatic heterocycles. The van der Waals surface area contributed by atoms with Crippen LogP contribution in [-0.4, -0.2) is 16.8 Å². The minimum Gasteiger partial charge on any atom is -0.505 e. The van der Waals surface area contributed by atoms with Gasteiger partial charge in [-0.15, -0.1) is 0 Å². The van der Waals surface area contributed by atoms with Gasteiger partial charge in [-0.25, -0.2) is 9.18 Å². The first-order chi connectivity index (χ1) is 7.70. The summed E-state index contributed by atoms with van der Waals surface area (Å²) in [5.41, 5.74) is -0.0333. The predicted molar refractivity (Wildman–Crippen MR) is 62.7 cm³/mol. The van der Waals surface area contributed by atoms with E-state index in [1.807, 2.05) is 0 Å². The number of anilines is 1. The van der Waals surface area contributed by atoms with E-state index in [2.05, 4.69) is 5.32 Å². The van der Waals surface area contributed by atoms with Crippen molar-refractivity contribution in [2.75, 3.05) is 5.32 Å². The van der Waals surface area contributed by atoms with E-state index in [0.29, 0.717) is 5.69 Å². The number of rotatable bonds is 1. The van der Waals surface area contributed by atoms with Gasteiger partial charge < -0.3 is 9.84 Å². The number of ether oxygens (including phenoxy) is 1. The van der Waals surface area contributed by atoms with Gasteiger partial charge in [0.05, 0.1) is 5.69 Å². The summed E-state index contributed by atoms with van der Waals surface area (Å²) < 4.78 is 18.0. The molecule has 0 fully saturated rings. The third-order valence-electron chi connectivity index (χ3n) is 2.02. The Morgan fingerprint density at radius 1 is 1.41 bits per heavy atom. The van der Waals surface area contributed by atoms with Crippen LogP contribution in [0.15, 0.2) is 12.1 Å². The van der Waals surface area contributed by atoms with Crippen LogP contribution in [-0.2, 0) is 4.74 Å². The van der Waals surface area contributed by atoms with Crippen LogP contribution in [0, 0.1) is 12.7 Å². The van der Waals surface area contributed by atoms with Gasteiger partial charge in [0, 0.05) is 5.56 Å². The number of hydrogen-bond donors (Lipinski definition) is 2. The van der Waals surface area contributed by atoms with Crippen molar-refractivity contribution in [2.45, 2.75) is 33.3 Å². The molecule has 0 atom stereocenters. The Morgan fingerprint density at radius 3 is 2.53 bits per heavy atom. The van der Waals surface area contributed by atoms with Crippen molar-refractivity contribution in [3.05, 3.63) is 23.5 Å². The molecule has 0 radical (unpaired) electrons. The maximum Gasteiger partial charge on any atom is 0.412 e. The SMILES string of the molecule is Cc1c(NC(=O)OC(C)(C)C)ccc(F)c1O. The van der Waals surface area contributed by atoms with E-state index in [1.165, 1.54) is 13.0 Å². The maximum atomic E-state index is 13.0. The summed E-state index contributed by atoms with van der Waals surface area (Å²) in [6.07, 6.45) is -0.647. The summed E-state index contributed by atoms with van der Waals surface area (Å²) in [4.78, 5) is 11.5. The van der Waals surface area contributed by atoms with E-state index in [1.54, 1.807) is 20.8 Å². The summed E-state index contributed by atoms with van der Waals surface area (Å²) in [7, 11) is 0. The van der Waals surface area contributed by atoms with Gasteiger partial charge in [-0.2, -0.15) is 0 Å². The van der Waals surface area contributed by atoms with Gasteiger partial charge >= 0.3 is 6.09 Å². The molecular formula is C12H16FNO3. The summed E-state index contributed by atoms with van der Waals surface area (Å²) in [5, 5.41) is 11.8. The molecule has 5 heteroatoms. The number of hydrogen-bond acceptors (Lipinski definition) is 3. The van der Waals surface area contributed by atoms with E-state index in [0.717, 1.165) is 6.07 Å². The van der Waals surface area contributed by atoms with Gasteiger partial charge in [0.1, 0.15) is 5.60 Å². The second kappa shape index (κ2) is 4.61. The number of benzene rings is 1. The highest BCUT2D eigenvalue weighted by Gasteiger charge is 2.17. The third kappa shape index (κ3) is 3.62. The Bertz CT molecular complexity index is 438. The fraction of sp³-hybridized carbons (Fsp3) is 0.417. The van der Waals surface area contributed by atoms with Crippen molar-refractivity contribution in [1.29, 1.82) is 0 Å². The first-order valence-corrected chi connectivity index (χ1v) is 5.19. The first kappa shape index (κ1) is 13.3. The molecule has 1 aromatic rings. The van der Waals surface area contributed by atoms with Crippen LogP contribution in [0.3, 0.4) is 0 Å². The predicted octanol–water partition coefficient (Wildman–Crippen LogP) is 3.19. The van der Waals surface area contributed by atoms with E-state index < -0.39 is 23.3 Å². The Hall–Kier alpha value is -1.78. The monoisotopic (exact) mass is 241 g/mol. The molecule has 17 heavy (non-hydrogen) atoms. The molecule has 2 N–H and O–H groups in total. The Kier molecular flexibility index (Phi) is 3.60. The van der Waals surface area contributed by atoms with E-state index in [9.17, 15) is 14.3 Å². The van der Waals surface area contributed by atoms with Crippen molar-refractivity contribution in [2.24, 2.45) is 0 Å². The summed E-state index contributed by atoms with van der Waals surface area (Å²) in [5.74, 6) is -1.20. The normalized spacial score (nSPS) is 11.1. The fourth-order valence-corrected chi connectivity index (χ4v) is 1.22. The quantitative estimate of drug-likeness (QED) is 0.793. The molecule has 0 bridgehead atoms. The molecule has 1 amide bonds. The lowest BCUT2D eigenvalue weighted by Gasteiger charge is -2.20. The second-order valence-electron chi connectivity index (χ2n) is 4.70. The highest BCUT2D eigenvalue weighted by atomic mass is 19.1. The van der Waals surface area contributed by atoms with Gasteiger partial charge in [-0.05, 0) is 39.8 Å². The van der Waals surface area contributed by atoms with E-state index >= 15 is 0 Å². The molecule has 94 valence electrons. The van der Waals surface area contributed by atoms with Crippen LogP contribution in [0.1, 0.15) is 26.3 Å². The van der Waals surface area contributed by atoms with Gasteiger partial charge in [0.25, 0.3) is 0 Å². The lowest BCUT2D eigenvalue weighted by atomic mass is 10.1. The Balaban J connectivity index is 2.83. The highest BCUT2D eigenvalue weighted by molar-refractivity contribution is 5.86. The molecule has 4 nitrogen and oxygen atoms in total. The smallest absolute Gasteiger partial charge is 0.412 e. The molecule has 0 spiro atoms. The molecule has 0 heterocycles. The highest BCUT2D eigenvalue weighted by Crippen LogP contribution is 2.27. The van der Waals surface area contributed by atoms with Crippen molar-refractivity contribution < 1.29 is 19.0 Å². The zero-order chi connectivity index (χ0) is 13.2. The number of nitrogens with one attached hydrogen (secondary N) is 1. The lowest BCUT2D eigenvalue weighted by Crippen LogP contribution is -2.27. The van der Waals surface area contributed by atoms with Gasteiger partial charge in [-0.3, -0.25) is 5.32 Å². The lowest BCUT2D eigenvalue weighted by molar-refractivity contribution is 0.0636. The number of phenols is 1. The zero-order valence-electron chi connectivity index (χ0n) is 10.3. The number of halogens is 1. The van der Waals surface area contributed by atoms with Crippen LogP contribution in [0.5, 0.6) is 5.75 Å². The van der Waals surface area contributed by atoms with Crippen LogP contribution in [0.25, 0.3) is 0 Å². The number of amides is 1. The number of aromatic hydroxyl groups is 1. The standard InChI is InChI=1S/C12H16FNO3/c1-7-9(6-5-8(13)10(7)15)14-11(16)17-12(2,3)4/h5-6,15H,1-4H3,(H,14,16). The van der Waals surface area contributed by atoms with Crippen LogP contribution in [0.2, 0.25) is 0 Å². The minimum absolute atomic E-state index is 0.260. The van der Waals surface area contributed by atoms with Gasteiger partial charge in [-0.1, -0.05) is 0 Å². The van der Waals surface area contributed by atoms with Gasteiger partial charge in [0.15, 0.2) is 11.6 Å². The van der Waals surface area contributed by atoms with E-state index in [-0.39, 0.29) is 5.56 Å². The molecule has 0 saturated heterocycles. The van der Waals surface area contributed by atoms with Crippen molar-refractivity contribution in [3.63, 3.8) is 0 Å². The number of carbonyl (C=O) groups is 1. The first-order valence-electron chi connectivity index (χ1n) is 5.19. The summed E-state index contributed by atoms with van der Waals surface area (Å²) >= 11 is 0. The largest absolute Gasteiger partial charge is 0.505 e. The molecule has 1 rings (SSSR count). The van der Waals surface area contributed by atoms with Crippen molar-refractivity contribution >= 4 is 11.8 Å². The Labute approximate surface area is 99.4 Å². The molecule has 0 aliphatic carbocycles. The van der Waals surface area contributed by atoms with Crippen molar-refractivity contribution in [3.8, 4) is 5.75 Å². The topological polar surface area (TPSA) is 58.6 Å². The molecule has 1 aromatic carbocycles. The van der Waals surface area contributed by atoms with E-state index in [4.69, 9.17) is 4.74 Å². The van der Waals surface area contributed by atoms with Gasteiger partial charge in [0.2, 0.25) is 0 Å². The van der Waals surface area contributed by atoms with Crippen LogP contribution in [0.4, 0.5) is 14.9 Å². The maximum absolute atomic E-state index is 13.0. The van der Waals surface area contributed by atoms with Crippen molar-refractivity contribution in [1.82, 2.24) is 0 Å². The average Bonchev–Trinajstić information content (AvgIpc) is 2.16.